The Morgan fingerprint density at radius 2 is 2.05 bits per heavy atom. The molecule has 1 aromatic heterocycles. The molecule has 0 bridgehead atoms. The zero-order valence-corrected chi connectivity index (χ0v) is 12.8. The zero-order chi connectivity index (χ0) is 16.8. The second-order valence-electron chi connectivity index (χ2n) is 5.85. The highest BCUT2D eigenvalue weighted by Crippen LogP contribution is 2.13. The fourth-order valence-corrected chi connectivity index (χ4v) is 1.66. The quantitative estimate of drug-likeness (QED) is 0.776. The van der Waals surface area contributed by atoms with Crippen LogP contribution in [0.4, 0.5) is 4.39 Å². The third-order valence-corrected chi connectivity index (χ3v) is 2.53. The molecule has 22 heavy (non-hydrogen) atoms. The van der Waals surface area contributed by atoms with E-state index in [4.69, 9.17) is 14.6 Å². The maximum atomic E-state index is 12.9. The highest BCUT2D eigenvalue weighted by atomic mass is 19.1. The molecule has 1 rings (SSSR count). The molecular formula is C15H20FNO5. The van der Waals surface area contributed by atoms with Crippen LogP contribution in [0.5, 0.6) is 0 Å². The minimum Gasteiger partial charge on any atom is -0.481 e. The van der Waals surface area contributed by atoms with Crippen molar-refractivity contribution in [3.8, 4) is 0 Å². The van der Waals surface area contributed by atoms with Gasteiger partial charge in [-0.3, -0.25) is 14.6 Å². The van der Waals surface area contributed by atoms with Crippen LogP contribution in [0, 0.1) is 11.7 Å². The van der Waals surface area contributed by atoms with E-state index in [9.17, 15) is 14.0 Å². The van der Waals surface area contributed by atoms with E-state index in [0.717, 1.165) is 6.20 Å². The fraction of sp³-hybridized carbons (Fsp3) is 0.533. The standard InChI is InChI=1S/C15H20FNO5/c1-15(2,3)22-13(18)5-11(14(19)20)9-21-8-10-4-12(16)7-17-6-10/h4,6-7,11H,5,8-9H2,1-3H3,(H,19,20)/t11-/m0/s1. The van der Waals surface area contributed by atoms with Crippen LogP contribution in [0.1, 0.15) is 32.8 Å². The van der Waals surface area contributed by atoms with Gasteiger partial charge in [0, 0.05) is 6.20 Å². The number of carbonyl (C=O) groups is 2. The molecule has 0 aromatic carbocycles. The van der Waals surface area contributed by atoms with Crippen LogP contribution in [-0.2, 0) is 25.7 Å². The molecule has 6 nitrogen and oxygen atoms in total. The summed E-state index contributed by atoms with van der Waals surface area (Å²) >= 11 is 0. The molecule has 0 aliphatic carbocycles. The molecule has 1 aromatic rings. The van der Waals surface area contributed by atoms with Crippen molar-refractivity contribution in [2.75, 3.05) is 6.61 Å². The molecule has 7 heteroatoms. The third-order valence-electron chi connectivity index (χ3n) is 2.53. The van der Waals surface area contributed by atoms with Crippen molar-refractivity contribution in [2.24, 2.45) is 5.92 Å². The van der Waals surface area contributed by atoms with Gasteiger partial charge in [0.25, 0.3) is 0 Å². The molecule has 0 amide bonds. The van der Waals surface area contributed by atoms with Crippen molar-refractivity contribution in [3.05, 3.63) is 29.8 Å². The maximum Gasteiger partial charge on any atom is 0.309 e. The number of esters is 1. The van der Waals surface area contributed by atoms with Gasteiger partial charge in [0.2, 0.25) is 0 Å². The van der Waals surface area contributed by atoms with Gasteiger partial charge in [-0.05, 0) is 32.4 Å². The van der Waals surface area contributed by atoms with E-state index in [-0.39, 0.29) is 19.6 Å². The lowest BCUT2D eigenvalue weighted by Gasteiger charge is -2.21. The molecule has 1 N–H and O–H groups in total. The largest absolute Gasteiger partial charge is 0.481 e. The summed E-state index contributed by atoms with van der Waals surface area (Å²) in [5.74, 6) is -3.26. The van der Waals surface area contributed by atoms with Crippen molar-refractivity contribution >= 4 is 11.9 Å². The second kappa shape index (κ2) is 7.84. The third kappa shape index (κ3) is 7.12. The summed E-state index contributed by atoms with van der Waals surface area (Å²) in [5, 5.41) is 9.10. The second-order valence-corrected chi connectivity index (χ2v) is 5.85. The summed E-state index contributed by atoms with van der Waals surface area (Å²) < 4.78 is 23.3. The van der Waals surface area contributed by atoms with Gasteiger partial charge in [0.05, 0.1) is 31.7 Å². The van der Waals surface area contributed by atoms with Gasteiger partial charge < -0.3 is 14.6 Å². The number of pyridine rings is 1. The number of nitrogens with zero attached hydrogens (tertiary/aromatic N) is 1. The normalized spacial score (nSPS) is 12.7. The van der Waals surface area contributed by atoms with Crippen molar-refractivity contribution in [1.82, 2.24) is 4.98 Å². The van der Waals surface area contributed by atoms with Crippen LogP contribution in [0.2, 0.25) is 0 Å². The Bertz CT molecular complexity index is 527. The van der Waals surface area contributed by atoms with Crippen molar-refractivity contribution in [1.29, 1.82) is 0 Å². The molecule has 0 spiro atoms. The van der Waals surface area contributed by atoms with Crippen LogP contribution in [-0.4, -0.2) is 34.2 Å². The minimum atomic E-state index is -1.15. The summed E-state index contributed by atoms with van der Waals surface area (Å²) in [7, 11) is 0. The van der Waals surface area contributed by atoms with Crippen molar-refractivity contribution < 1.29 is 28.6 Å². The van der Waals surface area contributed by atoms with Crippen molar-refractivity contribution in [3.63, 3.8) is 0 Å². The number of carboxylic acid groups (broad SMARTS) is 1. The first-order chi connectivity index (χ1) is 10.2. The molecule has 1 heterocycles. The average molecular weight is 313 g/mol. The summed E-state index contributed by atoms with van der Waals surface area (Å²) in [5.41, 5.74) is -0.185. The Kier molecular flexibility index (Phi) is 6.42. The molecule has 0 fully saturated rings. The molecule has 0 saturated carbocycles. The van der Waals surface area contributed by atoms with E-state index in [1.54, 1.807) is 20.8 Å². The Morgan fingerprint density at radius 1 is 1.36 bits per heavy atom. The van der Waals surface area contributed by atoms with Gasteiger partial charge >= 0.3 is 11.9 Å². The highest BCUT2D eigenvalue weighted by Gasteiger charge is 2.25. The first kappa shape index (κ1) is 18.0. The topological polar surface area (TPSA) is 85.7 Å². The number of carbonyl (C=O) groups excluding carboxylic acids is 1. The average Bonchev–Trinajstić information content (AvgIpc) is 2.35. The first-order valence-corrected chi connectivity index (χ1v) is 6.79. The number of hydrogen-bond acceptors (Lipinski definition) is 5. The zero-order valence-electron chi connectivity index (χ0n) is 12.8. The maximum absolute atomic E-state index is 12.9. The van der Waals surface area contributed by atoms with E-state index < -0.39 is 29.3 Å². The molecule has 122 valence electrons. The predicted octanol–water partition coefficient (Wildman–Crippen LogP) is 2.17. The van der Waals surface area contributed by atoms with Gasteiger partial charge in [-0.15, -0.1) is 0 Å². The first-order valence-electron chi connectivity index (χ1n) is 6.79. The summed E-state index contributed by atoms with van der Waals surface area (Å²) in [4.78, 5) is 26.4. The van der Waals surface area contributed by atoms with Crippen molar-refractivity contribution in [2.45, 2.75) is 39.4 Å². The number of aliphatic carboxylic acids is 1. The lowest BCUT2D eigenvalue weighted by atomic mass is 10.1. The van der Waals surface area contributed by atoms with Crippen LogP contribution in [0.15, 0.2) is 18.5 Å². The van der Waals surface area contributed by atoms with Gasteiger partial charge in [-0.2, -0.15) is 0 Å². The Morgan fingerprint density at radius 3 is 2.59 bits per heavy atom. The van der Waals surface area contributed by atoms with Crippen LogP contribution in [0.3, 0.4) is 0 Å². The van der Waals surface area contributed by atoms with Gasteiger partial charge in [-0.1, -0.05) is 0 Å². The number of hydrogen-bond donors (Lipinski definition) is 1. The summed E-state index contributed by atoms with van der Waals surface area (Å²) in [6.45, 7) is 4.95. The molecule has 0 unspecified atom stereocenters. The number of rotatable bonds is 7. The van der Waals surface area contributed by atoms with Gasteiger partial charge in [0.1, 0.15) is 11.4 Å². The molecule has 0 aliphatic rings. The number of carboxylic acids is 1. The molecule has 0 aliphatic heterocycles. The lowest BCUT2D eigenvalue weighted by molar-refractivity contribution is -0.161. The number of aromatic nitrogens is 1. The Hall–Kier alpha value is -2.02. The van der Waals surface area contributed by atoms with E-state index in [1.165, 1.54) is 12.3 Å². The fourth-order valence-electron chi connectivity index (χ4n) is 1.66. The predicted molar refractivity (Wildman–Crippen MR) is 75.4 cm³/mol. The molecule has 0 saturated heterocycles. The SMILES string of the molecule is CC(C)(C)OC(=O)C[C@@H](COCc1cncc(F)c1)C(=O)O. The number of ether oxygens (including phenoxy) is 2. The molecular weight excluding hydrogens is 293 g/mol. The van der Waals surface area contributed by atoms with Crippen LogP contribution >= 0.6 is 0 Å². The minimum absolute atomic E-state index is 0.0167. The summed E-state index contributed by atoms with van der Waals surface area (Å²) in [6, 6.07) is 1.25. The van der Waals surface area contributed by atoms with Crippen LogP contribution < -0.4 is 0 Å². The van der Waals surface area contributed by atoms with E-state index in [0.29, 0.717) is 5.56 Å². The van der Waals surface area contributed by atoms with E-state index in [1.807, 2.05) is 0 Å². The number of halogens is 1. The van der Waals surface area contributed by atoms with Gasteiger partial charge in [0.15, 0.2) is 0 Å². The monoisotopic (exact) mass is 313 g/mol. The Labute approximate surface area is 128 Å². The van der Waals surface area contributed by atoms with Gasteiger partial charge in [-0.25, -0.2) is 4.39 Å². The molecule has 1 atom stereocenters. The van der Waals surface area contributed by atoms with Crippen LogP contribution in [0.25, 0.3) is 0 Å². The van der Waals surface area contributed by atoms with E-state index >= 15 is 0 Å². The summed E-state index contributed by atoms with van der Waals surface area (Å²) in [6.07, 6.45) is 2.20. The highest BCUT2D eigenvalue weighted by molar-refractivity contribution is 5.79. The molecule has 0 radical (unpaired) electrons. The lowest BCUT2D eigenvalue weighted by Crippen LogP contribution is -2.29. The Balaban J connectivity index is 2.48. The van der Waals surface area contributed by atoms with E-state index in [2.05, 4.69) is 4.98 Å². The smallest absolute Gasteiger partial charge is 0.309 e.